The number of halogens is 4. The predicted octanol–water partition coefficient (Wildman–Crippen LogP) is 2.77. The van der Waals surface area contributed by atoms with Crippen molar-refractivity contribution in [2.24, 2.45) is 11.7 Å². The molecule has 0 aliphatic heterocycles. The van der Waals surface area contributed by atoms with E-state index >= 15 is 0 Å². The summed E-state index contributed by atoms with van der Waals surface area (Å²) in [5, 5.41) is 2.74. The maximum Gasteiger partial charge on any atom is 0.573 e. The van der Waals surface area contributed by atoms with Crippen molar-refractivity contribution in [2.45, 2.75) is 44.3 Å². The second-order valence-electron chi connectivity index (χ2n) is 5.86. The Morgan fingerprint density at radius 1 is 1.36 bits per heavy atom. The van der Waals surface area contributed by atoms with Crippen LogP contribution in [0, 0.1) is 5.92 Å². The molecule has 1 aromatic carbocycles. The van der Waals surface area contributed by atoms with Crippen molar-refractivity contribution < 1.29 is 27.4 Å². The standard InChI is InChI=1S/C16H21F3N2O3.ClH/c1-23-14-6-5-11(8-13(14)20)15(22)21-9-10-3-2-4-12(7-10)24-16(17,18)19;/h2-4,7,11,13-14H,5-6,8-9,20H2,1H3,(H,21,22);1H/t11-,13+,14+;/m0./s1. The molecule has 0 heterocycles. The second-order valence-corrected chi connectivity index (χ2v) is 5.86. The Labute approximate surface area is 150 Å². The van der Waals surface area contributed by atoms with Gasteiger partial charge in [0.1, 0.15) is 5.75 Å². The van der Waals surface area contributed by atoms with Crippen LogP contribution in [0.2, 0.25) is 0 Å². The van der Waals surface area contributed by atoms with Crippen molar-refractivity contribution in [3.63, 3.8) is 0 Å². The normalized spacial score (nSPS) is 23.5. The molecule has 2 rings (SSSR count). The highest BCUT2D eigenvalue weighted by Gasteiger charge is 2.32. The van der Waals surface area contributed by atoms with E-state index in [9.17, 15) is 18.0 Å². The number of benzene rings is 1. The third-order valence-corrected chi connectivity index (χ3v) is 4.11. The fraction of sp³-hybridized carbons (Fsp3) is 0.562. The number of hydrogen-bond acceptors (Lipinski definition) is 4. The maximum atomic E-state index is 12.2. The summed E-state index contributed by atoms with van der Waals surface area (Å²) >= 11 is 0. The summed E-state index contributed by atoms with van der Waals surface area (Å²) in [4.78, 5) is 12.2. The number of hydrogen-bond donors (Lipinski definition) is 2. The molecule has 0 unspecified atom stereocenters. The van der Waals surface area contributed by atoms with Gasteiger partial charge < -0.3 is 20.5 Å². The highest BCUT2D eigenvalue weighted by molar-refractivity contribution is 5.85. The zero-order chi connectivity index (χ0) is 17.7. The van der Waals surface area contributed by atoms with Gasteiger partial charge in [0.25, 0.3) is 0 Å². The first kappa shape index (κ1) is 21.5. The molecule has 1 aromatic rings. The Balaban J connectivity index is 0.00000312. The minimum Gasteiger partial charge on any atom is -0.406 e. The Morgan fingerprint density at radius 2 is 2.08 bits per heavy atom. The molecule has 3 atom stereocenters. The van der Waals surface area contributed by atoms with E-state index in [1.54, 1.807) is 13.2 Å². The SMILES string of the molecule is CO[C@@H]1CC[C@H](C(=O)NCc2cccc(OC(F)(F)F)c2)C[C@H]1N.Cl. The molecule has 25 heavy (non-hydrogen) atoms. The monoisotopic (exact) mass is 382 g/mol. The van der Waals surface area contributed by atoms with Gasteiger partial charge in [0.15, 0.2) is 0 Å². The molecule has 0 bridgehead atoms. The molecular weight excluding hydrogens is 361 g/mol. The van der Waals surface area contributed by atoms with Crippen LogP contribution < -0.4 is 15.8 Å². The third kappa shape index (κ3) is 6.72. The third-order valence-electron chi connectivity index (χ3n) is 4.11. The zero-order valence-corrected chi connectivity index (χ0v) is 14.5. The molecule has 1 aliphatic rings. The van der Waals surface area contributed by atoms with E-state index < -0.39 is 6.36 Å². The van der Waals surface area contributed by atoms with E-state index in [2.05, 4.69) is 10.1 Å². The van der Waals surface area contributed by atoms with E-state index in [4.69, 9.17) is 10.5 Å². The first-order valence-electron chi connectivity index (χ1n) is 7.69. The molecule has 9 heteroatoms. The number of nitrogens with two attached hydrogens (primary N) is 1. The van der Waals surface area contributed by atoms with E-state index in [0.717, 1.165) is 0 Å². The van der Waals surface area contributed by atoms with Gasteiger partial charge >= 0.3 is 6.36 Å². The lowest BCUT2D eigenvalue weighted by Gasteiger charge is -2.32. The lowest BCUT2D eigenvalue weighted by atomic mass is 9.83. The molecule has 1 fully saturated rings. The van der Waals surface area contributed by atoms with Crippen molar-refractivity contribution in [1.82, 2.24) is 5.32 Å². The van der Waals surface area contributed by atoms with Crippen LogP contribution in [0.25, 0.3) is 0 Å². The zero-order valence-electron chi connectivity index (χ0n) is 13.7. The lowest BCUT2D eigenvalue weighted by molar-refractivity contribution is -0.274. The lowest BCUT2D eigenvalue weighted by Crippen LogP contribution is -2.45. The highest BCUT2D eigenvalue weighted by atomic mass is 35.5. The number of methoxy groups -OCH3 is 1. The molecule has 5 nitrogen and oxygen atoms in total. The fourth-order valence-electron chi connectivity index (χ4n) is 2.89. The van der Waals surface area contributed by atoms with Gasteiger partial charge in [0.2, 0.25) is 5.91 Å². The molecular formula is C16H22ClF3N2O3. The van der Waals surface area contributed by atoms with Crippen molar-refractivity contribution in [3.05, 3.63) is 29.8 Å². The molecule has 1 aliphatic carbocycles. The van der Waals surface area contributed by atoms with Gasteiger partial charge in [-0.15, -0.1) is 25.6 Å². The molecule has 0 saturated heterocycles. The van der Waals surface area contributed by atoms with Crippen LogP contribution in [-0.2, 0) is 16.1 Å². The maximum absolute atomic E-state index is 12.2. The molecule has 0 aromatic heterocycles. The van der Waals surface area contributed by atoms with Gasteiger partial charge in [-0.2, -0.15) is 0 Å². The van der Waals surface area contributed by atoms with Crippen molar-refractivity contribution in [3.8, 4) is 5.75 Å². The Morgan fingerprint density at radius 3 is 2.68 bits per heavy atom. The number of amides is 1. The number of carbonyl (C=O) groups is 1. The summed E-state index contributed by atoms with van der Waals surface area (Å²) in [7, 11) is 1.60. The first-order chi connectivity index (χ1) is 11.3. The Kier molecular flexibility index (Phi) is 7.98. The van der Waals surface area contributed by atoms with E-state index in [1.807, 2.05) is 0 Å². The predicted molar refractivity (Wildman–Crippen MR) is 88.3 cm³/mol. The summed E-state index contributed by atoms with van der Waals surface area (Å²) in [6.07, 6.45) is -2.86. The highest BCUT2D eigenvalue weighted by Crippen LogP contribution is 2.26. The van der Waals surface area contributed by atoms with Crippen LogP contribution in [0.1, 0.15) is 24.8 Å². The second kappa shape index (κ2) is 9.26. The van der Waals surface area contributed by atoms with Gasteiger partial charge in [-0.05, 0) is 37.0 Å². The van der Waals surface area contributed by atoms with Crippen molar-refractivity contribution in [1.29, 1.82) is 0 Å². The number of ether oxygens (including phenoxy) is 2. The van der Waals surface area contributed by atoms with Crippen LogP contribution in [0.3, 0.4) is 0 Å². The minimum atomic E-state index is -4.74. The first-order valence-corrected chi connectivity index (χ1v) is 7.69. The minimum absolute atomic E-state index is 0. The van der Waals surface area contributed by atoms with E-state index in [0.29, 0.717) is 24.8 Å². The number of rotatable bonds is 5. The summed E-state index contributed by atoms with van der Waals surface area (Å²) in [6.45, 7) is 0.132. The van der Waals surface area contributed by atoms with Crippen LogP contribution >= 0.6 is 12.4 Å². The number of alkyl halides is 3. The summed E-state index contributed by atoms with van der Waals surface area (Å²) in [5.41, 5.74) is 6.50. The summed E-state index contributed by atoms with van der Waals surface area (Å²) in [5.74, 6) is -0.667. The van der Waals surface area contributed by atoms with Crippen LogP contribution in [0.5, 0.6) is 5.75 Å². The molecule has 3 N–H and O–H groups in total. The van der Waals surface area contributed by atoms with Crippen molar-refractivity contribution in [2.75, 3.05) is 7.11 Å². The van der Waals surface area contributed by atoms with Gasteiger partial charge in [-0.25, -0.2) is 0 Å². The van der Waals surface area contributed by atoms with E-state index in [-0.39, 0.29) is 48.7 Å². The molecule has 1 amide bonds. The van der Waals surface area contributed by atoms with Crippen LogP contribution in [0.4, 0.5) is 13.2 Å². The quantitative estimate of drug-likeness (QED) is 0.821. The topological polar surface area (TPSA) is 73.6 Å². The summed E-state index contributed by atoms with van der Waals surface area (Å²) in [6, 6.07) is 5.34. The molecule has 0 spiro atoms. The van der Waals surface area contributed by atoms with Gasteiger partial charge in [0.05, 0.1) is 6.10 Å². The van der Waals surface area contributed by atoms with Crippen LogP contribution in [0.15, 0.2) is 24.3 Å². The number of carbonyl (C=O) groups excluding carboxylic acids is 1. The summed E-state index contributed by atoms with van der Waals surface area (Å²) < 4.78 is 45.8. The van der Waals surface area contributed by atoms with Gasteiger partial charge in [-0.3, -0.25) is 4.79 Å². The molecule has 142 valence electrons. The van der Waals surface area contributed by atoms with Crippen LogP contribution in [-0.4, -0.2) is 31.5 Å². The Hall–Kier alpha value is -1.51. The fourth-order valence-corrected chi connectivity index (χ4v) is 2.89. The average molecular weight is 383 g/mol. The molecule has 1 saturated carbocycles. The van der Waals surface area contributed by atoms with Gasteiger partial charge in [-0.1, -0.05) is 12.1 Å². The average Bonchev–Trinajstić information content (AvgIpc) is 2.51. The largest absolute Gasteiger partial charge is 0.573 e. The Bertz CT molecular complexity index is 572. The number of nitrogens with one attached hydrogen (secondary N) is 1. The van der Waals surface area contributed by atoms with E-state index in [1.165, 1.54) is 18.2 Å². The van der Waals surface area contributed by atoms with Crippen molar-refractivity contribution >= 4 is 18.3 Å². The van der Waals surface area contributed by atoms with Gasteiger partial charge in [0, 0.05) is 25.6 Å². The smallest absolute Gasteiger partial charge is 0.406 e. The molecule has 0 radical (unpaired) electrons.